The molecule has 0 amide bonds. The van der Waals surface area contributed by atoms with Crippen LogP contribution in [0.2, 0.25) is 0 Å². The van der Waals surface area contributed by atoms with Gasteiger partial charge in [0.05, 0.1) is 0 Å². The standard InChI is InChI=1S/C10H20N2S/c1-4-10(3,5-2)12-9(13)11-8-6-7-8/h8H,4-7H2,1-3H3,(H2,11,12,13). The van der Waals surface area contributed by atoms with E-state index in [0.29, 0.717) is 6.04 Å². The van der Waals surface area contributed by atoms with Gasteiger partial charge in [-0.25, -0.2) is 0 Å². The summed E-state index contributed by atoms with van der Waals surface area (Å²) in [6.45, 7) is 6.60. The molecule has 1 rings (SSSR count). The zero-order chi connectivity index (χ0) is 9.90. The first-order chi connectivity index (χ1) is 6.09. The number of rotatable bonds is 4. The number of nitrogens with one attached hydrogen (secondary N) is 2. The van der Waals surface area contributed by atoms with Crippen LogP contribution < -0.4 is 10.6 Å². The van der Waals surface area contributed by atoms with Crippen molar-refractivity contribution in [2.75, 3.05) is 0 Å². The van der Waals surface area contributed by atoms with Crippen LogP contribution in [0.25, 0.3) is 0 Å². The van der Waals surface area contributed by atoms with Gasteiger partial charge in [-0.05, 0) is 44.8 Å². The van der Waals surface area contributed by atoms with Crippen LogP contribution in [-0.2, 0) is 0 Å². The summed E-state index contributed by atoms with van der Waals surface area (Å²) in [6, 6.07) is 0.651. The summed E-state index contributed by atoms with van der Waals surface area (Å²) in [5.74, 6) is 0. The zero-order valence-corrected chi connectivity index (χ0v) is 9.63. The van der Waals surface area contributed by atoms with E-state index in [4.69, 9.17) is 12.2 Å². The third-order valence-corrected chi connectivity index (χ3v) is 3.11. The molecule has 0 unspecified atom stereocenters. The molecule has 0 bridgehead atoms. The largest absolute Gasteiger partial charge is 0.360 e. The van der Waals surface area contributed by atoms with Crippen LogP contribution in [-0.4, -0.2) is 16.7 Å². The maximum atomic E-state index is 5.23. The number of hydrogen-bond acceptors (Lipinski definition) is 1. The average Bonchev–Trinajstić information content (AvgIpc) is 2.88. The van der Waals surface area contributed by atoms with Gasteiger partial charge in [-0.15, -0.1) is 0 Å². The Labute approximate surface area is 86.5 Å². The van der Waals surface area contributed by atoms with E-state index in [1.165, 1.54) is 12.8 Å². The SMILES string of the molecule is CCC(C)(CC)NC(=S)NC1CC1. The predicted molar refractivity (Wildman–Crippen MR) is 60.9 cm³/mol. The van der Waals surface area contributed by atoms with Crippen molar-refractivity contribution in [1.29, 1.82) is 0 Å². The molecule has 3 heteroatoms. The second-order valence-corrected chi connectivity index (χ2v) is 4.55. The summed E-state index contributed by atoms with van der Waals surface area (Å²) < 4.78 is 0. The smallest absolute Gasteiger partial charge is 0.166 e. The molecule has 1 aliphatic carbocycles. The molecule has 0 saturated heterocycles. The summed E-state index contributed by atoms with van der Waals surface area (Å²) in [4.78, 5) is 0. The summed E-state index contributed by atoms with van der Waals surface area (Å²) >= 11 is 5.23. The molecule has 0 radical (unpaired) electrons. The molecular weight excluding hydrogens is 180 g/mol. The molecular formula is C10H20N2S. The molecule has 0 aromatic rings. The van der Waals surface area contributed by atoms with Crippen LogP contribution in [0.15, 0.2) is 0 Å². The highest BCUT2D eigenvalue weighted by atomic mass is 32.1. The van der Waals surface area contributed by atoms with Crippen molar-refractivity contribution in [1.82, 2.24) is 10.6 Å². The molecule has 1 aliphatic rings. The number of thiocarbonyl (C=S) groups is 1. The number of hydrogen-bond donors (Lipinski definition) is 2. The van der Waals surface area contributed by atoms with Crippen molar-refractivity contribution in [2.45, 2.75) is 58.0 Å². The molecule has 0 aromatic carbocycles. The summed E-state index contributed by atoms with van der Waals surface area (Å²) in [5.41, 5.74) is 0.166. The van der Waals surface area contributed by atoms with Crippen molar-refractivity contribution in [2.24, 2.45) is 0 Å². The topological polar surface area (TPSA) is 24.1 Å². The summed E-state index contributed by atoms with van der Waals surface area (Å²) in [6.07, 6.45) is 4.76. The van der Waals surface area contributed by atoms with E-state index in [2.05, 4.69) is 31.4 Å². The van der Waals surface area contributed by atoms with Gasteiger partial charge in [0, 0.05) is 11.6 Å². The maximum Gasteiger partial charge on any atom is 0.166 e. The molecule has 0 aromatic heterocycles. The van der Waals surface area contributed by atoms with Gasteiger partial charge in [0.2, 0.25) is 0 Å². The van der Waals surface area contributed by atoms with Gasteiger partial charge >= 0.3 is 0 Å². The molecule has 76 valence electrons. The zero-order valence-electron chi connectivity index (χ0n) is 8.81. The van der Waals surface area contributed by atoms with E-state index < -0.39 is 0 Å². The monoisotopic (exact) mass is 200 g/mol. The quantitative estimate of drug-likeness (QED) is 0.680. The van der Waals surface area contributed by atoms with Crippen LogP contribution in [0.5, 0.6) is 0 Å². The first kappa shape index (κ1) is 10.8. The highest BCUT2D eigenvalue weighted by Crippen LogP contribution is 2.19. The van der Waals surface area contributed by atoms with Gasteiger partial charge in [-0.2, -0.15) is 0 Å². The van der Waals surface area contributed by atoms with Crippen molar-refractivity contribution in [3.8, 4) is 0 Å². The van der Waals surface area contributed by atoms with E-state index in [0.717, 1.165) is 18.0 Å². The minimum Gasteiger partial charge on any atom is -0.360 e. The van der Waals surface area contributed by atoms with Crippen LogP contribution in [0.1, 0.15) is 46.5 Å². The fraction of sp³-hybridized carbons (Fsp3) is 0.900. The molecule has 1 fully saturated rings. The van der Waals surface area contributed by atoms with Gasteiger partial charge in [-0.1, -0.05) is 13.8 Å². The Morgan fingerprint density at radius 1 is 1.38 bits per heavy atom. The first-order valence-corrected chi connectivity index (χ1v) is 5.59. The van der Waals surface area contributed by atoms with Crippen molar-refractivity contribution in [3.63, 3.8) is 0 Å². The molecule has 1 saturated carbocycles. The Balaban J connectivity index is 2.31. The van der Waals surface area contributed by atoms with Crippen molar-refractivity contribution < 1.29 is 0 Å². The van der Waals surface area contributed by atoms with Crippen molar-refractivity contribution in [3.05, 3.63) is 0 Å². The molecule has 0 spiro atoms. The average molecular weight is 200 g/mol. The second-order valence-electron chi connectivity index (χ2n) is 4.14. The Kier molecular flexibility index (Phi) is 3.54. The summed E-state index contributed by atoms with van der Waals surface area (Å²) in [5, 5.41) is 7.51. The molecule has 2 nitrogen and oxygen atoms in total. The van der Waals surface area contributed by atoms with Crippen LogP contribution in [0.3, 0.4) is 0 Å². The van der Waals surface area contributed by atoms with Gasteiger partial charge in [0.25, 0.3) is 0 Å². The second kappa shape index (κ2) is 4.27. The predicted octanol–water partition coefficient (Wildman–Crippen LogP) is 2.19. The van der Waals surface area contributed by atoms with E-state index in [-0.39, 0.29) is 5.54 Å². The molecule has 13 heavy (non-hydrogen) atoms. The maximum absolute atomic E-state index is 5.23. The lowest BCUT2D eigenvalue weighted by Gasteiger charge is -2.29. The van der Waals surface area contributed by atoms with Gasteiger partial charge in [-0.3, -0.25) is 0 Å². The van der Waals surface area contributed by atoms with Gasteiger partial charge in [0.15, 0.2) is 5.11 Å². The summed E-state index contributed by atoms with van der Waals surface area (Å²) in [7, 11) is 0. The Morgan fingerprint density at radius 3 is 2.31 bits per heavy atom. The van der Waals surface area contributed by atoms with E-state index >= 15 is 0 Å². The van der Waals surface area contributed by atoms with Crippen molar-refractivity contribution >= 4 is 17.3 Å². The third-order valence-electron chi connectivity index (χ3n) is 2.89. The Morgan fingerprint density at radius 2 is 1.92 bits per heavy atom. The van der Waals surface area contributed by atoms with Gasteiger partial charge < -0.3 is 10.6 Å². The van der Waals surface area contributed by atoms with E-state index in [9.17, 15) is 0 Å². The Bertz CT molecular complexity index is 183. The fourth-order valence-electron chi connectivity index (χ4n) is 1.15. The highest BCUT2D eigenvalue weighted by Gasteiger charge is 2.25. The minimum atomic E-state index is 0.166. The highest BCUT2D eigenvalue weighted by molar-refractivity contribution is 7.80. The minimum absolute atomic E-state index is 0.166. The van der Waals surface area contributed by atoms with E-state index in [1.807, 2.05) is 0 Å². The Hall–Kier alpha value is -0.310. The van der Waals surface area contributed by atoms with Crippen LogP contribution >= 0.6 is 12.2 Å². The third kappa shape index (κ3) is 3.51. The molecule has 0 aliphatic heterocycles. The van der Waals surface area contributed by atoms with E-state index in [1.54, 1.807) is 0 Å². The molecule has 0 atom stereocenters. The lowest BCUT2D eigenvalue weighted by atomic mass is 9.96. The normalized spacial score (nSPS) is 16.8. The van der Waals surface area contributed by atoms with Crippen LogP contribution in [0, 0.1) is 0 Å². The lowest BCUT2D eigenvalue weighted by Crippen LogP contribution is -2.49. The fourth-order valence-corrected chi connectivity index (χ4v) is 1.56. The first-order valence-electron chi connectivity index (χ1n) is 5.18. The molecule has 2 N–H and O–H groups in total. The molecule has 0 heterocycles. The van der Waals surface area contributed by atoms with Gasteiger partial charge in [0.1, 0.15) is 0 Å². The lowest BCUT2D eigenvalue weighted by molar-refractivity contribution is 0.387. The van der Waals surface area contributed by atoms with Crippen LogP contribution in [0.4, 0.5) is 0 Å².